The number of hydrogen-bond acceptors (Lipinski definition) is 4. The van der Waals surface area contributed by atoms with E-state index in [4.69, 9.17) is 4.74 Å². The Kier molecular flexibility index (Phi) is 3.77. The number of carbonyl (C=O) groups excluding carboxylic acids is 2. The summed E-state index contributed by atoms with van der Waals surface area (Å²) in [4.78, 5) is 32.3. The second-order valence-corrected chi connectivity index (χ2v) is 5.46. The maximum Gasteiger partial charge on any atom is 0.245 e. The first-order valence-electron chi connectivity index (χ1n) is 7.26. The van der Waals surface area contributed by atoms with Crippen molar-refractivity contribution in [1.82, 2.24) is 14.8 Å². The first-order valence-corrected chi connectivity index (χ1v) is 7.26. The minimum absolute atomic E-state index is 0.0640. The minimum Gasteiger partial charge on any atom is -0.481 e. The van der Waals surface area contributed by atoms with Gasteiger partial charge in [0.25, 0.3) is 0 Å². The predicted octanol–water partition coefficient (Wildman–Crippen LogP) is 0.813. The molecule has 0 aliphatic carbocycles. The van der Waals surface area contributed by atoms with Crippen LogP contribution in [-0.4, -0.2) is 52.8 Å². The number of carbonyl (C=O) groups is 2. The summed E-state index contributed by atoms with van der Waals surface area (Å²) in [5.74, 6) is 0.697. The highest BCUT2D eigenvalue weighted by atomic mass is 16.5. The van der Waals surface area contributed by atoms with Crippen molar-refractivity contribution in [1.29, 1.82) is 0 Å². The van der Waals surface area contributed by atoms with Gasteiger partial charge in [0.2, 0.25) is 17.7 Å². The van der Waals surface area contributed by atoms with Crippen LogP contribution in [0.2, 0.25) is 0 Å². The molecule has 2 saturated heterocycles. The topological polar surface area (TPSA) is 62.7 Å². The van der Waals surface area contributed by atoms with Crippen LogP contribution >= 0.6 is 0 Å². The predicted molar refractivity (Wildman–Crippen MR) is 75.6 cm³/mol. The zero-order chi connectivity index (χ0) is 14.8. The Morgan fingerprint density at radius 1 is 1.38 bits per heavy atom. The van der Waals surface area contributed by atoms with E-state index in [1.165, 1.54) is 0 Å². The first-order chi connectivity index (χ1) is 10.2. The smallest absolute Gasteiger partial charge is 0.245 e. The molecule has 6 heteroatoms. The van der Waals surface area contributed by atoms with Gasteiger partial charge in [0.05, 0.1) is 7.11 Å². The van der Waals surface area contributed by atoms with Crippen LogP contribution in [0.15, 0.2) is 18.3 Å². The van der Waals surface area contributed by atoms with Gasteiger partial charge in [-0.1, -0.05) is 0 Å². The van der Waals surface area contributed by atoms with Crippen molar-refractivity contribution >= 4 is 11.8 Å². The van der Waals surface area contributed by atoms with Crippen molar-refractivity contribution in [3.63, 3.8) is 0 Å². The van der Waals surface area contributed by atoms with E-state index in [-0.39, 0.29) is 17.9 Å². The zero-order valence-corrected chi connectivity index (χ0v) is 12.1. The number of rotatable bonds is 3. The van der Waals surface area contributed by atoms with Gasteiger partial charge in [0, 0.05) is 38.3 Å². The van der Waals surface area contributed by atoms with Crippen molar-refractivity contribution in [3.05, 3.63) is 23.9 Å². The summed E-state index contributed by atoms with van der Waals surface area (Å²) in [5.41, 5.74) is 0.967. The summed E-state index contributed by atoms with van der Waals surface area (Å²) >= 11 is 0. The average molecular weight is 289 g/mol. The number of methoxy groups -OCH3 is 1. The van der Waals surface area contributed by atoms with Crippen LogP contribution in [0, 0.1) is 0 Å². The van der Waals surface area contributed by atoms with Crippen molar-refractivity contribution < 1.29 is 14.3 Å². The molecule has 1 atom stereocenters. The summed E-state index contributed by atoms with van der Waals surface area (Å²) < 4.78 is 5.11. The highest BCUT2D eigenvalue weighted by Crippen LogP contribution is 2.24. The Morgan fingerprint density at radius 3 is 3.05 bits per heavy atom. The second kappa shape index (κ2) is 5.71. The molecular weight excluding hydrogens is 270 g/mol. The minimum atomic E-state index is -0.260. The van der Waals surface area contributed by atoms with Crippen LogP contribution in [0.4, 0.5) is 0 Å². The fraction of sp³-hybridized carbons (Fsp3) is 0.533. The molecule has 3 rings (SSSR count). The Morgan fingerprint density at radius 2 is 2.24 bits per heavy atom. The molecule has 112 valence electrons. The number of amides is 2. The van der Waals surface area contributed by atoms with Crippen LogP contribution < -0.4 is 4.74 Å². The highest BCUT2D eigenvalue weighted by Gasteiger charge is 2.39. The number of pyridine rings is 1. The maximum atomic E-state index is 12.6. The number of nitrogens with zero attached hydrogens (tertiary/aromatic N) is 3. The summed E-state index contributed by atoms with van der Waals surface area (Å²) in [5, 5.41) is 0. The first kappa shape index (κ1) is 13.9. The molecule has 0 aromatic carbocycles. The van der Waals surface area contributed by atoms with Crippen molar-refractivity contribution in [2.24, 2.45) is 0 Å². The molecule has 0 N–H and O–H groups in total. The van der Waals surface area contributed by atoms with Gasteiger partial charge < -0.3 is 14.5 Å². The van der Waals surface area contributed by atoms with Crippen LogP contribution in [0.25, 0.3) is 0 Å². The van der Waals surface area contributed by atoms with E-state index < -0.39 is 0 Å². The molecule has 1 aromatic heterocycles. The van der Waals surface area contributed by atoms with Gasteiger partial charge in [0.1, 0.15) is 6.04 Å². The van der Waals surface area contributed by atoms with Crippen LogP contribution in [0.5, 0.6) is 5.88 Å². The van der Waals surface area contributed by atoms with E-state index >= 15 is 0 Å². The van der Waals surface area contributed by atoms with E-state index in [0.717, 1.165) is 18.4 Å². The Balaban J connectivity index is 1.78. The molecular formula is C15H19N3O3. The van der Waals surface area contributed by atoms with Gasteiger partial charge in [-0.25, -0.2) is 4.98 Å². The lowest BCUT2D eigenvalue weighted by Crippen LogP contribution is -2.43. The lowest BCUT2D eigenvalue weighted by molar-refractivity contribution is -0.139. The average Bonchev–Trinajstić information content (AvgIpc) is 2.96. The molecule has 0 spiro atoms. The molecule has 0 saturated carbocycles. The summed E-state index contributed by atoms with van der Waals surface area (Å²) in [6.45, 7) is 1.69. The van der Waals surface area contributed by atoms with Crippen molar-refractivity contribution in [3.8, 4) is 5.88 Å². The number of hydrogen-bond donors (Lipinski definition) is 0. The largest absolute Gasteiger partial charge is 0.481 e. The van der Waals surface area contributed by atoms with Crippen LogP contribution in [0.1, 0.15) is 24.8 Å². The highest BCUT2D eigenvalue weighted by molar-refractivity contribution is 5.90. The van der Waals surface area contributed by atoms with E-state index in [0.29, 0.717) is 31.9 Å². The molecule has 1 aromatic rings. The lowest BCUT2D eigenvalue weighted by atomic mass is 10.1. The number of fused-ring (bicyclic) bond motifs is 1. The van der Waals surface area contributed by atoms with E-state index in [1.807, 2.05) is 12.1 Å². The Labute approximate surface area is 123 Å². The second-order valence-electron chi connectivity index (χ2n) is 5.46. The van der Waals surface area contributed by atoms with E-state index in [2.05, 4.69) is 4.98 Å². The van der Waals surface area contributed by atoms with Crippen LogP contribution in [0.3, 0.4) is 0 Å². The Hall–Kier alpha value is -2.11. The van der Waals surface area contributed by atoms with Gasteiger partial charge in [-0.2, -0.15) is 0 Å². The summed E-state index contributed by atoms with van der Waals surface area (Å²) in [6.07, 6.45) is 3.77. The number of ether oxygens (including phenoxy) is 1. The third kappa shape index (κ3) is 2.70. The molecule has 2 aliphatic heterocycles. The third-order valence-corrected chi connectivity index (χ3v) is 4.15. The SMILES string of the molecule is COc1cc(CN2CCC(=O)N3CCCC3C2=O)ccn1. The fourth-order valence-electron chi connectivity index (χ4n) is 3.05. The molecule has 2 fully saturated rings. The standard InChI is InChI=1S/C15H19N3O3/c1-21-13-9-11(4-6-16-13)10-17-8-5-14(19)18-7-2-3-12(18)15(17)20/h4,6,9,12H,2-3,5,7-8,10H2,1H3. The van der Waals surface area contributed by atoms with E-state index in [9.17, 15) is 9.59 Å². The third-order valence-electron chi connectivity index (χ3n) is 4.15. The lowest BCUT2D eigenvalue weighted by Gasteiger charge is -2.25. The molecule has 2 aliphatic rings. The van der Waals surface area contributed by atoms with Gasteiger partial charge in [0.15, 0.2) is 0 Å². The molecule has 2 amide bonds. The zero-order valence-electron chi connectivity index (χ0n) is 12.1. The van der Waals surface area contributed by atoms with Gasteiger partial charge >= 0.3 is 0 Å². The van der Waals surface area contributed by atoms with Crippen LogP contribution in [-0.2, 0) is 16.1 Å². The summed E-state index contributed by atoms with van der Waals surface area (Å²) in [7, 11) is 1.57. The monoisotopic (exact) mass is 289 g/mol. The summed E-state index contributed by atoms with van der Waals surface area (Å²) in [6, 6.07) is 3.44. The molecule has 0 bridgehead atoms. The molecule has 6 nitrogen and oxygen atoms in total. The van der Waals surface area contributed by atoms with Gasteiger partial charge in [-0.15, -0.1) is 0 Å². The molecule has 21 heavy (non-hydrogen) atoms. The van der Waals surface area contributed by atoms with Gasteiger partial charge in [-0.05, 0) is 24.5 Å². The molecule has 1 unspecified atom stereocenters. The number of aromatic nitrogens is 1. The van der Waals surface area contributed by atoms with Crippen molar-refractivity contribution in [2.75, 3.05) is 20.2 Å². The van der Waals surface area contributed by atoms with Gasteiger partial charge in [-0.3, -0.25) is 9.59 Å². The van der Waals surface area contributed by atoms with Crippen molar-refractivity contribution in [2.45, 2.75) is 31.8 Å². The quantitative estimate of drug-likeness (QED) is 0.826. The molecule has 0 radical (unpaired) electrons. The normalized spacial score (nSPS) is 22.2. The van der Waals surface area contributed by atoms with E-state index in [1.54, 1.807) is 23.1 Å². The Bertz CT molecular complexity index is 561. The molecule has 3 heterocycles. The maximum absolute atomic E-state index is 12.6. The fourth-order valence-corrected chi connectivity index (χ4v) is 3.05.